The Balaban J connectivity index is 0.00000162. The van der Waals surface area contributed by atoms with Gasteiger partial charge in [-0.1, -0.05) is 12.1 Å². The Bertz CT molecular complexity index is 543. The maximum Gasteiger partial charge on any atom is 0.420 e. The minimum absolute atomic E-state index is 0. The lowest BCUT2D eigenvalue weighted by Gasteiger charge is -2.14. The molecule has 4 nitrogen and oxygen atoms in total. The first kappa shape index (κ1) is 14.8. The van der Waals surface area contributed by atoms with Gasteiger partial charge in [0.25, 0.3) is 0 Å². The van der Waals surface area contributed by atoms with Gasteiger partial charge in [-0.2, -0.15) is 0 Å². The normalized spacial score (nSPS) is 10.8. The molecule has 0 unspecified atom stereocenters. The van der Waals surface area contributed by atoms with Gasteiger partial charge in [-0.15, -0.1) is 0 Å². The number of halogens is 1. The van der Waals surface area contributed by atoms with E-state index in [0.717, 1.165) is 25.2 Å². The number of fused-ring (bicyclic) bond motifs is 1. The van der Waals surface area contributed by atoms with Crippen molar-refractivity contribution in [3.63, 3.8) is 0 Å². The molecule has 5 heteroatoms. The Hall–Kier alpha value is -1.26. The molecule has 0 spiro atoms. The highest BCUT2D eigenvalue weighted by molar-refractivity contribution is 5.72. The van der Waals surface area contributed by atoms with E-state index in [2.05, 4.69) is 13.8 Å². The van der Waals surface area contributed by atoms with Crippen LogP contribution in [0.2, 0.25) is 0 Å². The van der Waals surface area contributed by atoms with Gasteiger partial charge in [0, 0.05) is 0 Å². The quantitative estimate of drug-likeness (QED) is 0.654. The number of likely N-dealkylation sites (N-methyl/N-ethyl adjacent to an activating group) is 1. The smallest absolute Gasteiger partial charge is 0.420 e. The first-order chi connectivity index (χ1) is 8.26. The number of hydrogen-bond donors (Lipinski definition) is 1. The summed E-state index contributed by atoms with van der Waals surface area (Å²) in [4.78, 5) is 13.2. The summed E-state index contributed by atoms with van der Waals surface area (Å²) in [5.41, 5.74) is 1.57. The van der Waals surface area contributed by atoms with Crippen LogP contribution in [0.4, 0.5) is 0 Å². The molecule has 0 aliphatic rings. The van der Waals surface area contributed by atoms with Crippen molar-refractivity contribution < 1.29 is 21.7 Å². The molecule has 0 saturated heterocycles. The molecule has 2 aromatic rings. The fourth-order valence-corrected chi connectivity index (χ4v) is 2.10. The van der Waals surface area contributed by atoms with Gasteiger partial charge in [-0.25, -0.2) is 4.79 Å². The molecule has 0 aliphatic heterocycles. The number of benzene rings is 1. The topological polar surface area (TPSA) is 39.6 Å². The number of hydrogen-bond acceptors (Lipinski definition) is 2. The summed E-state index contributed by atoms with van der Waals surface area (Å²) in [5, 5.41) is 0. The van der Waals surface area contributed by atoms with Crippen molar-refractivity contribution in [2.45, 2.75) is 20.4 Å². The van der Waals surface area contributed by atoms with E-state index in [4.69, 9.17) is 4.42 Å². The second-order valence-corrected chi connectivity index (χ2v) is 4.19. The molecule has 1 aromatic heterocycles. The molecular weight excluding hydrogens is 252 g/mol. The summed E-state index contributed by atoms with van der Waals surface area (Å²) in [6.07, 6.45) is 0. The SMILES string of the molecule is CC[NH+](CC)CCn1c(=O)oc2ccccc21.[Cl-]. The number of aromatic nitrogens is 1. The average molecular weight is 271 g/mol. The van der Waals surface area contributed by atoms with Crippen LogP contribution in [0.3, 0.4) is 0 Å². The minimum atomic E-state index is -0.252. The van der Waals surface area contributed by atoms with Crippen LogP contribution < -0.4 is 23.1 Å². The highest BCUT2D eigenvalue weighted by Gasteiger charge is 2.10. The third-order valence-electron chi connectivity index (χ3n) is 3.26. The summed E-state index contributed by atoms with van der Waals surface area (Å²) in [5.74, 6) is -0.252. The van der Waals surface area contributed by atoms with E-state index in [0.29, 0.717) is 12.1 Å². The molecule has 0 aliphatic carbocycles. The highest BCUT2D eigenvalue weighted by atomic mass is 35.5. The van der Waals surface area contributed by atoms with E-state index in [-0.39, 0.29) is 18.2 Å². The second kappa shape index (κ2) is 6.61. The van der Waals surface area contributed by atoms with Gasteiger partial charge in [-0.3, -0.25) is 4.57 Å². The Morgan fingerprint density at radius 1 is 1.22 bits per heavy atom. The molecule has 1 heterocycles. The first-order valence-corrected chi connectivity index (χ1v) is 6.18. The van der Waals surface area contributed by atoms with Crippen LogP contribution >= 0.6 is 0 Å². The molecule has 0 fully saturated rings. The third-order valence-corrected chi connectivity index (χ3v) is 3.26. The lowest BCUT2D eigenvalue weighted by atomic mass is 10.3. The number of quaternary nitrogens is 1. The molecule has 1 aromatic carbocycles. The van der Waals surface area contributed by atoms with Crippen molar-refractivity contribution in [2.75, 3.05) is 19.6 Å². The zero-order chi connectivity index (χ0) is 12.3. The van der Waals surface area contributed by atoms with Crippen LogP contribution in [-0.4, -0.2) is 24.2 Å². The number of nitrogens with one attached hydrogen (secondary N) is 1. The summed E-state index contributed by atoms with van der Waals surface area (Å²) >= 11 is 0. The fourth-order valence-electron chi connectivity index (χ4n) is 2.10. The van der Waals surface area contributed by atoms with Crippen molar-refractivity contribution in [1.82, 2.24) is 4.57 Å². The second-order valence-electron chi connectivity index (χ2n) is 4.19. The van der Waals surface area contributed by atoms with Crippen LogP contribution in [0.5, 0.6) is 0 Å². The summed E-state index contributed by atoms with van der Waals surface area (Å²) in [6, 6.07) is 7.57. The number of rotatable bonds is 5. The Morgan fingerprint density at radius 2 is 1.89 bits per heavy atom. The number of para-hydroxylation sites is 2. The predicted molar refractivity (Wildman–Crippen MR) is 67.4 cm³/mol. The molecular formula is C13H19ClN2O2. The van der Waals surface area contributed by atoms with Crippen LogP contribution in [0.1, 0.15) is 13.8 Å². The first-order valence-electron chi connectivity index (χ1n) is 6.18. The molecule has 18 heavy (non-hydrogen) atoms. The van der Waals surface area contributed by atoms with Crippen molar-refractivity contribution in [1.29, 1.82) is 0 Å². The lowest BCUT2D eigenvalue weighted by molar-refractivity contribution is -0.897. The van der Waals surface area contributed by atoms with E-state index in [9.17, 15) is 4.79 Å². The minimum Gasteiger partial charge on any atom is -1.00 e. The Morgan fingerprint density at radius 3 is 2.56 bits per heavy atom. The standard InChI is InChI=1S/C13H18N2O2.ClH/c1-3-14(4-2)9-10-15-11-7-5-6-8-12(11)17-13(15)16;/h5-8H,3-4,9-10H2,1-2H3;1H. The maximum absolute atomic E-state index is 11.7. The largest absolute Gasteiger partial charge is 1.00 e. The van der Waals surface area contributed by atoms with E-state index < -0.39 is 0 Å². The maximum atomic E-state index is 11.7. The van der Waals surface area contributed by atoms with Crippen LogP contribution in [0.15, 0.2) is 33.5 Å². The van der Waals surface area contributed by atoms with Gasteiger partial charge >= 0.3 is 5.76 Å². The molecule has 0 radical (unpaired) electrons. The van der Waals surface area contributed by atoms with E-state index in [1.165, 1.54) is 4.90 Å². The Labute approximate surface area is 113 Å². The molecule has 0 atom stereocenters. The summed E-state index contributed by atoms with van der Waals surface area (Å²) in [7, 11) is 0. The lowest BCUT2D eigenvalue weighted by Crippen LogP contribution is -3.11. The zero-order valence-electron chi connectivity index (χ0n) is 10.8. The van der Waals surface area contributed by atoms with Crippen LogP contribution in [0.25, 0.3) is 11.1 Å². The van der Waals surface area contributed by atoms with E-state index >= 15 is 0 Å². The average Bonchev–Trinajstić information content (AvgIpc) is 2.67. The summed E-state index contributed by atoms with van der Waals surface area (Å²) in [6.45, 7) is 8.16. The highest BCUT2D eigenvalue weighted by Crippen LogP contribution is 2.10. The molecule has 100 valence electrons. The van der Waals surface area contributed by atoms with Gasteiger partial charge in [-0.05, 0) is 26.0 Å². The molecule has 2 rings (SSSR count). The molecule has 1 N–H and O–H groups in total. The third kappa shape index (κ3) is 2.94. The van der Waals surface area contributed by atoms with Gasteiger partial charge in [0.15, 0.2) is 5.58 Å². The van der Waals surface area contributed by atoms with Gasteiger partial charge < -0.3 is 21.7 Å². The zero-order valence-corrected chi connectivity index (χ0v) is 11.5. The van der Waals surface area contributed by atoms with Gasteiger partial charge in [0.1, 0.15) is 0 Å². The number of oxazole rings is 1. The number of nitrogens with zero attached hydrogens (tertiary/aromatic N) is 1. The monoisotopic (exact) mass is 270 g/mol. The van der Waals surface area contributed by atoms with Crippen molar-refractivity contribution in [3.05, 3.63) is 34.8 Å². The molecule has 0 saturated carbocycles. The van der Waals surface area contributed by atoms with Crippen LogP contribution in [-0.2, 0) is 6.54 Å². The van der Waals surface area contributed by atoms with E-state index in [1.807, 2.05) is 24.3 Å². The van der Waals surface area contributed by atoms with Gasteiger partial charge in [0.05, 0.1) is 31.7 Å². The fraction of sp³-hybridized carbons (Fsp3) is 0.462. The predicted octanol–water partition coefficient (Wildman–Crippen LogP) is -2.48. The summed E-state index contributed by atoms with van der Waals surface area (Å²) < 4.78 is 6.92. The van der Waals surface area contributed by atoms with Crippen molar-refractivity contribution >= 4 is 11.1 Å². The van der Waals surface area contributed by atoms with Crippen molar-refractivity contribution in [3.8, 4) is 0 Å². The van der Waals surface area contributed by atoms with E-state index in [1.54, 1.807) is 4.57 Å². The molecule has 0 amide bonds. The van der Waals surface area contributed by atoms with Crippen molar-refractivity contribution in [2.24, 2.45) is 0 Å². The molecule has 0 bridgehead atoms. The van der Waals surface area contributed by atoms with Crippen LogP contribution in [0, 0.1) is 0 Å². The Kier molecular flexibility index (Phi) is 5.44. The van der Waals surface area contributed by atoms with Gasteiger partial charge in [0.2, 0.25) is 0 Å².